The van der Waals surface area contributed by atoms with Crippen molar-refractivity contribution in [1.82, 2.24) is 15.1 Å². The van der Waals surface area contributed by atoms with Crippen molar-refractivity contribution < 1.29 is 19.1 Å². The maximum absolute atomic E-state index is 12.8. The van der Waals surface area contributed by atoms with E-state index in [9.17, 15) is 9.59 Å². The summed E-state index contributed by atoms with van der Waals surface area (Å²) in [6.07, 6.45) is 0. The fraction of sp³-hybridized carbons (Fsp3) is 0.556. The van der Waals surface area contributed by atoms with Gasteiger partial charge in [-0.2, -0.15) is 0 Å². The van der Waals surface area contributed by atoms with Gasteiger partial charge in [0.05, 0.1) is 20.8 Å². The molecule has 0 bridgehead atoms. The molecule has 1 aliphatic heterocycles. The predicted molar refractivity (Wildman–Crippen MR) is 95.3 cm³/mol. The standard InChI is InChI=1S/C18H27N3O4/c1-5-19-17(22)12-20-6-8-21(9-7-20)18(23)14-10-15(24-3)13(2)16(11-14)25-4/h10-11H,5-9,12H2,1-4H3,(H,19,22). The second-order valence-electron chi connectivity index (χ2n) is 6.03. The van der Waals surface area contributed by atoms with Crippen molar-refractivity contribution in [3.05, 3.63) is 23.3 Å². The Bertz CT molecular complexity index is 600. The molecular formula is C18H27N3O4. The second-order valence-corrected chi connectivity index (χ2v) is 6.03. The minimum absolute atomic E-state index is 0.0234. The summed E-state index contributed by atoms with van der Waals surface area (Å²) in [7, 11) is 3.16. The van der Waals surface area contributed by atoms with Crippen LogP contribution in [0.2, 0.25) is 0 Å². The van der Waals surface area contributed by atoms with Crippen LogP contribution in [0.3, 0.4) is 0 Å². The first-order chi connectivity index (χ1) is 12.0. The minimum atomic E-state index is -0.0470. The van der Waals surface area contributed by atoms with Crippen LogP contribution in [-0.2, 0) is 4.79 Å². The van der Waals surface area contributed by atoms with Crippen LogP contribution in [0.1, 0.15) is 22.8 Å². The Morgan fingerprint density at radius 2 is 1.64 bits per heavy atom. The van der Waals surface area contributed by atoms with Crippen molar-refractivity contribution in [2.24, 2.45) is 0 Å². The summed E-state index contributed by atoms with van der Waals surface area (Å²) >= 11 is 0. The van der Waals surface area contributed by atoms with Crippen LogP contribution in [0.25, 0.3) is 0 Å². The lowest BCUT2D eigenvalue weighted by Gasteiger charge is -2.34. The number of nitrogens with zero attached hydrogens (tertiary/aromatic N) is 2. The van der Waals surface area contributed by atoms with Crippen molar-refractivity contribution in [2.75, 3.05) is 53.5 Å². The fourth-order valence-electron chi connectivity index (χ4n) is 2.96. The fourth-order valence-corrected chi connectivity index (χ4v) is 2.96. The molecule has 2 rings (SSSR count). The van der Waals surface area contributed by atoms with Crippen molar-refractivity contribution in [3.63, 3.8) is 0 Å². The van der Waals surface area contributed by atoms with E-state index in [-0.39, 0.29) is 11.8 Å². The quantitative estimate of drug-likeness (QED) is 0.826. The minimum Gasteiger partial charge on any atom is -0.496 e. The molecule has 0 radical (unpaired) electrons. The van der Waals surface area contributed by atoms with E-state index in [0.29, 0.717) is 56.3 Å². The van der Waals surface area contributed by atoms with Gasteiger partial charge in [-0.05, 0) is 26.0 Å². The van der Waals surface area contributed by atoms with Gasteiger partial charge in [0.25, 0.3) is 5.91 Å². The zero-order chi connectivity index (χ0) is 18.4. The summed E-state index contributed by atoms with van der Waals surface area (Å²) in [5, 5.41) is 2.79. The molecule has 1 aromatic rings. The molecule has 1 aromatic carbocycles. The van der Waals surface area contributed by atoms with Gasteiger partial charge in [-0.15, -0.1) is 0 Å². The lowest BCUT2D eigenvalue weighted by atomic mass is 10.1. The Morgan fingerprint density at radius 3 is 2.12 bits per heavy atom. The van der Waals surface area contributed by atoms with E-state index in [2.05, 4.69) is 10.2 Å². The molecule has 7 heteroatoms. The van der Waals surface area contributed by atoms with E-state index < -0.39 is 0 Å². The Kier molecular flexibility index (Phi) is 6.64. The van der Waals surface area contributed by atoms with Crippen LogP contribution in [0, 0.1) is 6.92 Å². The Labute approximate surface area is 148 Å². The molecule has 2 amide bonds. The van der Waals surface area contributed by atoms with Gasteiger partial charge >= 0.3 is 0 Å². The van der Waals surface area contributed by atoms with Gasteiger partial charge in [-0.25, -0.2) is 0 Å². The molecule has 25 heavy (non-hydrogen) atoms. The lowest BCUT2D eigenvalue weighted by molar-refractivity contribution is -0.122. The van der Waals surface area contributed by atoms with Crippen molar-refractivity contribution in [2.45, 2.75) is 13.8 Å². The summed E-state index contributed by atoms with van der Waals surface area (Å²) < 4.78 is 10.7. The van der Waals surface area contributed by atoms with E-state index >= 15 is 0 Å². The van der Waals surface area contributed by atoms with Gasteiger partial charge in [0.1, 0.15) is 11.5 Å². The van der Waals surface area contributed by atoms with Crippen LogP contribution in [-0.4, -0.2) is 75.1 Å². The summed E-state index contributed by atoms with van der Waals surface area (Å²) in [4.78, 5) is 28.3. The normalized spacial score (nSPS) is 15.0. The molecule has 1 fully saturated rings. The number of carbonyl (C=O) groups excluding carboxylic acids is 2. The highest BCUT2D eigenvalue weighted by Crippen LogP contribution is 2.30. The summed E-state index contributed by atoms with van der Waals surface area (Å²) in [5.74, 6) is 1.25. The van der Waals surface area contributed by atoms with E-state index in [4.69, 9.17) is 9.47 Å². The van der Waals surface area contributed by atoms with Gasteiger partial charge in [-0.3, -0.25) is 14.5 Å². The first-order valence-electron chi connectivity index (χ1n) is 8.51. The molecule has 0 saturated carbocycles. The molecule has 0 unspecified atom stereocenters. The zero-order valence-electron chi connectivity index (χ0n) is 15.4. The average molecular weight is 349 g/mol. The maximum atomic E-state index is 12.8. The third kappa shape index (κ3) is 4.63. The zero-order valence-corrected chi connectivity index (χ0v) is 15.4. The number of nitrogens with one attached hydrogen (secondary N) is 1. The Morgan fingerprint density at radius 1 is 1.08 bits per heavy atom. The first-order valence-corrected chi connectivity index (χ1v) is 8.51. The van der Waals surface area contributed by atoms with E-state index in [1.165, 1.54) is 0 Å². The highest BCUT2D eigenvalue weighted by atomic mass is 16.5. The number of amides is 2. The topological polar surface area (TPSA) is 71.1 Å². The number of benzene rings is 1. The Hall–Kier alpha value is -2.28. The number of methoxy groups -OCH3 is 2. The van der Waals surface area contributed by atoms with Crippen LogP contribution in [0.15, 0.2) is 12.1 Å². The van der Waals surface area contributed by atoms with Crippen LogP contribution in [0.4, 0.5) is 0 Å². The molecule has 7 nitrogen and oxygen atoms in total. The number of carbonyl (C=O) groups is 2. The molecular weight excluding hydrogens is 322 g/mol. The molecule has 0 atom stereocenters. The van der Waals surface area contributed by atoms with Gasteiger partial charge in [0.15, 0.2) is 0 Å². The third-order valence-electron chi connectivity index (χ3n) is 4.40. The van der Waals surface area contributed by atoms with E-state index in [1.807, 2.05) is 13.8 Å². The van der Waals surface area contributed by atoms with Gasteiger partial charge in [0.2, 0.25) is 5.91 Å². The molecule has 138 valence electrons. The van der Waals surface area contributed by atoms with Crippen LogP contribution >= 0.6 is 0 Å². The third-order valence-corrected chi connectivity index (χ3v) is 4.40. The van der Waals surface area contributed by atoms with Crippen molar-refractivity contribution in [1.29, 1.82) is 0 Å². The number of ether oxygens (including phenoxy) is 2. The van der Waals surface area contributed by atoms with Crippen LogP contribution in [0.5, 0.6) is 11.5 Å². The van der Waals surface area contributed by atoms with E-state index in [0.717, 1.165) is 5.56 Å². The first kappa shape index (κ1) is 19.1. The number of likely N-dealkylation sites (N-methyl/N-ethyl adjacent to an activating group) is 1. The van der Waals surface area contributed by atoms with E-state index in [1.54, 1.807) is 31.3 Å². The number of hydrogen-bond donors (Lipinski definition) is 1. The van der Waals surface area contributed by atoms with Crippen LogP contribution < -0.4 is 14.8 Å². The van der Waals surface area contributed by atoms with Gasteiger partial charge in [0, 0.05) is 43.9 Å². The smallest absolute Gasteiger partial charge is 0.254 e. The average Bonchev–Trinajstić information content (AvgIpc) is 2.62. The molecule has 1 aliphatic rings. The maximum Gasteiger partial charge on any atom is 0.254 e. The lowest BCUT2D eigenvalue weighted by Crippen LogP contribution is -2.51. The molecule has 1 heterocycles. The Balaban J connectivity index is 2.02. The van der Waals surface area contributed by atoms with Gasteiger partial charge in [-0.1, -0.05) is 0 Å². The largest absolute Gasteiger partial charge is 0.496 e. The second kappa shape index (κ2) is 8.71. The molecule has 0 spiro atoms. The molecule has 1 saturated heterocycles. The highest BCUT2D eigenvalue weighted by molar-refractivity contribution is 5.95. The SMILES string of the molecule is CCNC(=O)CN1CCN(C(=O)c2cc(OC)c(C)c(OC)c2)CC1. The highest BCUT2D eigenvalue weighted by Gasteiger charge is 2.24. The van der Waals surface area contributed by atoms with Crippen molar-refractivity contribution >= 4 is 11.8 Å². The summed E-state index contributed by atoms with van der Waals surface area (Å²) in [5.41, 5.74) is 1.42. The molecule has 0 aliphatic carbocycles. The predicted octanol–water partition coefficient (Wildman–Crippen LogP) is 0.906. The summed E-state index contributed by atoms with van der Waals surface area (Å²) in [6.45, 7) is 7.36. The molecule has 1 N–H and O–H groups in total. The van der Waals surface area contributed by atoms with Crippen molar-refractivity contribution in [3.8, 4) is 11.5 Å². The molecule has 0 aromatic heterocycles. The number of piperazine rings is 1. The number of hydrogen-bond acceptors (Lipinski definition) is 5. The number of rotatable bonds is 6. The monoisotopic (exact) mass is 349 g/mol. The summed E-state index contributed by atoms with van der Waals surface area (Å²) in [6, 6.07) is 3.50. The van der Waals surface area contributed by atoms with Gasteiger partial charge < -0.3 is 19.7 Å².